The molecule has 1 saturated carbocycles. The Kier molecular flexibility index (Phi) is 5.55. The standard InChI is InChI=1S/C24H16Cl2N6O/c1-2-14-12-27-6-5-17(14)19-11-21(25)20(10-18(19)15-3-4-15)24(33)31-16-9-22(26)23(28-13-16)32-29-7-8-30-32/h1,5-13,15H,3-4H2,(H,31,33). The van der Waals surface area contributed by atoms with E-state index in [1.807, 2.05) is 12.1 Å². The van der Waals surface area contributed by atoms with Crippen molar-refractivity contribution in [2.45, 2.75) is 18.8 Å². The normalized spacial score (nSPS) is 12.9. The Balaban J connectivity index is 1.47. The van der Waals surface area contributed by atoms with Gasteiger partial charge in [-0.25, -0.2) is 4.98 Å². The van der Waals surface area contributed by atoms with Gasteiger partial charge in [-0.15, -0.1) is 11.2 Å². The zero-order valence-corrected chi connectivity index (χ0v) is 18.7. The third kappa shape index (κ3) is 4.19. The summed E-state index contributed by atoms with van der Waals surface area (Å²) in [5, 5.41) is 11.5. The lowest BCUT2D eigenvalue weighted by molar-refractivity contribution is 0.102. The number of nitrogens with one attached hydrogen (secondary N) is 1. The first kappa shape index (κ1) is 21.1. The molecule has 33 heavy (non-hydrogen) atoms. The van der Waals surface area contributed by atoms with Gasteiger partial charge in [0.05, 0.1) is 45.5 Å². The van der Waals surface area contributed by atoms with Crippen LogP contribution >= 0.6 is 23.2 Å². The maximum absolute atomic E-state index is 13.1. The molecule has 1 N–H and O–H groups in total. The van der Waals surface area contributed by atoms with Crippen LogP contribution in [0.1, 0.15) is 40.2 Å². The molecule has 7 nitrogen and oxygen atoms in total. The number of aromatic nitrogens is 5. The SMILES string of the molecule is C#Cc1cnccc1-c1cc(Cl)c(C(=O)Nc2cnc(-n3nccn3)c(Cl)c2)cc1C1CC1. The average molecular weight is 475 g/mol. The van der Waals surface area contributed by atoms with Crippen LogP contribution in [-0.2, 0) is 0 Å². The van der Waals surface area contributed by atoms with Crippen molar-refractivity contribution in [1.82, 2.24) is 25.0 Å². The van der Waals surface area contributed by atoms with Gasteiger partial charge in [-0.2, -0.15) is 10.2 Å². The monoisotopic (exact) mass is 474 g/mol. The van der Waals surface area contributed by atoms with E-state index in [0.29, 0.717) is 38.6 Å². The highest BCUT2D eigenvalue weighted by Gasteiger charge is 2.29. The van der Waals surface area contributed by atoms with E-state index in [1.54, 1.807) is 24.5 Å². The quantitative estimate of drug-likeness (QED) is 0.404. The molecule has 0 radical (unpaired) electrons. The van der Waals surface area contributed by atoms with Gasteiger partial charge in [-0.3, -0.25) is 9.78 Å². The number of pyridine rings is 2. The Hall–Kier alpha value is -3.73. The topological polar surface area (TPSA) is 85.6 Å². The molecule has 4 aromatic rings. The minimum Gasteiger partial charge on any atom is -0.320 e. The van der Waals surface area contributed by atoms with Crippen LogP contribution in [0.3, 0.4) is 0 Å². The van der Waals surface area contributed by atoms with Crippen molar-refractivity contribution >= 4 is 34.8 Å². The molecule has 9 heteroatoms. The predicted molar refractivity (Wildman–Crippen MR) is 127 cm³/mol. The Morgan fingerprint density at radius 3 is 2.55 bits per heavy atom. The van der Waals surface area contributed by atoms with Crippen LogP contribution < -0.4 is 5.32 Å². The summed E-state index contributed by atoms with van der Waals surface area (Å²) in [5.74, 6) is 3.04. The number of amides is 1. The Bertz CT molecular complexity index is 1410. The number of terminal acetylenes is 1. The Morgan fingerprint density at radius 2 is 1.85 bits per heavy atom. The van der Waals surface area contributed by atoms with Gasteiger partial charge in [0, 0.05) is 18.0 Å². The van der Waals surface area contributed by atoms with E-state index in [0.717, 1.165) is 29.5 Å². The molecular weight excluding hydrogens is 459 g/mol. The largest absolute Gasteiger partial charge is 0.320 e. The van der Waals surface area contributed by atoms with E-state index in [2.05, 4.69) is 31.4 Å². The third-order valence-corrected chi connectivity index (χ3v) is 5.95. The molecule has 1 aliphatic rings. The molecule has 0 saturated heterocycles. The maximum atomic E-state index is 13.1. The maximum Gasteiger partial charge on any atom is 0.257 e. The van der Waals surface area contributed by atoms with Gasteiger partial charge >= 0.3 is 0 Å². The van der Waals surface area contributed by atoms with Gasteiger partial charge in [-0.1, -0.05) is 29.1 Å². The number of rotatable bonds is 5. The fourth-order valence-corrected chi connectivity index (χ4v) is 4.13. The second kappa shape index (κ2) is 8.66. The van der Waals surface area contributed by atoms with Crippen LogP contribution in [0.2, 0.25) is 10.0 Å². The molecule has 0 unspecified atom stereocenters. The van der Waals surface area contributed by atoms with Crippen LogP contribution in [0.5, 0.6) is 0 Å². The van der Waals surface area contributed by atoms with E-state index >= 15 is 0 Å². The molecule has 0 bridgehead atoms. The number of carbonyl (C=O) groups is 1. The summed E-state index contributed by atoms with van der Waals surface area (Å²) in [6.45, 7) is 0. The summed E-state index contributed by atoms with van der Waals surface area (Å²) < 4.78 is 0. The van der Waals surface area contributed by atoms with Crippen molar-refractivity contribution < 1.29 is 4.79 Å². The lowest BCUT2D eigenvalue weighted by Gasteiger charge is -2.15. The predicted octanol–water partition coefficient (Wildman–Crippen LogP) is 5.14. The second-order valence-electron chi connectivity index (χ2n) is 7.56. The minimum absolute atomic E-state index is 0.295. The van der Waals surface area contributed by atoms with Crippen LogP contribution in [0.15, 0.2) is 55.2 Å². The van der Waals surface area contributed by atoms with Crippen molar-refractivity contribution in [2.24, 2.45) is 0 Å². The Labute approximate surface area is 199 Å². The molecule has 3 heterocycles. The van der Waals surface area contributed by atoms with Gasteiger partial charge in [0.15, 0.2) is 5.82 Å². The molecule has 3 aromatic heterocycles. The van der Waals surface area contributed by atoms with Crippen LogP contribution in [0.25, 0.3) is 16.9 Å². The van der Waals surface area contributed by atoms with Crippen LogP contribution in [-0.4, -0.2) is 30.9 Å². The molecular formula is C24H16Cl2N6O. The smallest absolute Gasteiger partial charge is 0.257 e. The summed E-state index contributed by atoms with van der Waals surface area (Å²) in [6, 6.07) is 7.11. The molecule has 0 atom stereocenters. The van der Waals surface area contributed by atoms with Crippen molar-refractivity contribution in [2.75, 3.05) is 5.32 Å². The van der Waals surface area contributed by atoms with E-state index in [9.17, 15) is 4.79 Å². The zero-order chi connectivity index (χ0) is 22.9. The first-order valence-corrected chi connectivity index (χ1v) is 10.9. The molecule has 0 aliphatic heterocycles. The van der Waals surface area contributed by atoms with E-state index in [4.69, 9.17) is 29.6 Å². The van der Waals surface area contributed by atoms with Gasteiger partial charge in [0.25, 0.3) is 5.91 Å². The summed E-state index contributed by atoms with van der Waals surface area (Å²) in [5.41, 5.74) is 4.33. The molecule has 5 rings (SSSR count). The van der Waals surface area contributed by atoms with Crippen molar-refractivity contribution in [3.8, 4) is 29.3 Å². The highest BCUT2D eigenvalue weighted by atomic mass is 35.5. The summed E-state index contributed by atoms with van der Waals surface area (Å²) in [4.78, 5) is 22.8. The van der Waals surface area contributed by atoms with Crippen LogP contribution in [0, 0.1) is 12.3 Å². The lowest BCUT2D eigenvalue weighted by atomic mass is 9.92. The number of anilines is 1. The van der Waals surface area contributed by atoms with Gasteiger partial charge in [0.2, 0.25) is 0 Å². The van der Waals surface area contributed by atoms with Crippen LogP contribution in [0.4, 0.5) is 5.69 Å². The fourth-order valence-electron chi connectivity index (χ4n) is 3.64. The van der Waals surface area contributed by atoms with Crippen molar-refractivity contribution in [1.29, 1.82) is 0 Å². The first-order valence-electron chi connectivity index (χ1n) is 10.1. The molecule has 1 fully saturated rings. The molecule has 1 aliphatic carbocycles. The highest BCUT2D eigenvalue weighted by molar-refractivity contribution is 6.35. The van der Waals surface area contributed by atoms with Gasteiger partial charge in [-0.05, 0) is 54.2 Å². The highest BCUT2D eigenvalue weighted by Crippen LogP contribution is 2.46. The zero-order valence-electron chi connectivity index (χ0n) is 17.2. The molecule has 1 aromatic carbocycles. The summed E-state index contributed by atoms with van der Waals surface area (Å²) in [6.07, 6.45) is 15.7. The van der Waals surface area contributed by atoms with Gasteiger partial charge < -0.3 is 5.32 Å². The molecule has 162 valence electrons. The lowest BCUT2D eigenvalue weighted by Crippen LogP contribution is -2.14. The summed E-state index contributed by atoms with van der Waals surface area (Å²) >= 11 is 12.9. The fraction of sp³-hybridized carbons (Fsp3) is 0.125. The number of halogens is 2. The van der Waals surface area contributed by atoms with Crippen molar-refractivity contribution in [3.63, 3.8) is 0 Å². The van der Waals surface area contributed by atoms with E-state index < -0.39 is 0 Å². The average Bonchev–Trinajstić information content (AvgIpc) is 3.52. The van der Waals surface area contributed by atoms with Crippen molar-refractivity contribution in [3.05, 3.63) is 82.0 Å². The number of benzene rings is 1. The number of hydrogen-bond donors (Lipinski definition) is 1. The molecule has 0 spiro atoms. The third-order valence-electron chi connectivity index (χ3n) is 5.36. The number of carbonyl (C=O) groups excluding carboxylic acids is 1. The minimum atomic E-state index is -0.358. The molecule has 1 amide bonds. The number of hydrogen-bond acceptors (Lipinski definition) is 5. The van der Waals surface area contributed by atoms with Gasteiger partial charge in [0.1, 0.15) is 0 Å². The first-order chi connectivity index (χ1) is 16.0. The Morgan fingerprint density at radius 1 is 1.06 bits per heavy atom. The second-order valence-corrected chi connectivity index (χ2v) is 8.38. The number of nitrogens with zero attached hydrogens (tertiary/aromatic N) is 5. The van der Waals surface area contributed by atoms with E-state index in [-0.39, 0.29) is 5.91 Å². The van der Waals surface area contributed by atoms with E-state index in [1.165, 1.54) is 23.4 Å². The summed E-state index contributed by atoms with van der Waals surface area (Å²) in [7, 11) is 0.